The number of rotatable bonds is 4. The van der Waals surface area contributed by atoms with E-state index in [9.17, 15) is 9.59 Å². The molecule has 1 atom stereocenters. The van der Waals surface area contributed by atoms with Gasteiger partial charge in [-0.15, -0.1) is 0 Å². The van der Waals surface area contributed by atoms with E-state index in [4.69, 9.17) is 4.74 Å². The molecule has 3 amide bonds. The molecular formula is C22H27N3O3. The quantitative estimate of drug-likeness (QED) is 0.883. The summed E-state index contributed by atoms with van der Waals surface area (Å²) in [6.45, 7) is 7.05. The van der Waals surface area contributed by atoms with Crippen molar-refractivity contribution in [3.05, 3.63) is 59.2 Å². The molecule has 0 bridgehead atoms. The highest BCUT2D eigenvalue weighted by atomic mass is 16.5. The van der Waals surface area contributed by atoms with E-state index in [1.54, 1.807) is 16.9 Å². The van der Waals surface area contributed by atoms with Crippen LogP contribution in [0.3, 0.4) is 0 Å². The molecule has 148 valence electrons. The van der Waals surface area contributed by atoms with Crippen LogP contribution in [0.15, 0.2) is 42.5 Å². The average Bonchev–Trinajstić information content (AvgIpc) is 2.67. The molecule has 2 aromatic carbocycles. The second-order valence-corrected chi connectivity index (χ2v) is 7.20. The molecule has 0 saturated carbocycles. The van der Waals surface area contributed by atoms with Crippen LogP contribution in [-0.4, -0.2) is 43.6 Å². The van der Waals surface area contributed by atoms with Crippen molar-refractivity contribution in [2.75, 3.05) is 31.6 Å². The van der Waals surface area contributed by atoms with E-state index in [1.807, 2.05) is 57.2 Å². The van der Waals surface area contributed by atoms with Gasteiger partial charge >= 0.3 is 6.03 Å². The van der Waals surface area contributed by atoms with Gasteiger partial charge in [-0.25, -0.2) is 4.79 Å². The summed E-state index contributed by atoms with van der Waals surface area (Å²) in [5.41, 5.74) is 4.21. The normalized spacial score (nSPS) is 15.4. The zero-order valence-electron chi connectivity index (χ0n) is 16.9. The molecule has 2 aromatic rings. The van der Waals surface area contributed by atoms with Gasteiger partial charge in [-0.3, -0.25) is 4.79 Å². The molecule has 0 spiro atoms. The van der Waals surface area contributed by atoms with Crippen molar-refractivity contribution in [3.63, 3.8) is 0 Å². The fraction of sp³-hybridized carbons (Fsp3) is 0.364. The van der Waals surface area contributed by atoms with Crippen LogP contribution in [0.25, 0.3) is 0 Å². The number of urea groups is 1. The molecule has 1 aliphatic rings. The summed E-state index contributed by atoms with van der Waals surface area (Å²) in [6.07, 6.45) is 0. The number of anilines is 1. The van der Waals surface area contributed by atoms with E-state index in [2.05, 4.69) is 11.4 Å². The predicted molar refractivity (Wildman–Crippen MR) is 110 cm³/mol. The first kappa shape index (κ1) is 19.7. The minimum atomic E-state index is -0.217. The maximum absolute atomic E-state index is 12.7. The van der Waals surface area contributed by atoms with E-state index < -0.39 is 0 Å². The van der Waals surface area contributed by atoms with E-state index in [1.165, 1.54) is 5.56 Å². The third-order valence-corrected chi connectivity index (χ3v) is 5.10. The van der Waals surface area contributed by atoms with E-state index in [0.29, 0.717) is 18.8 Å². The number of carbonyl (C=O) groups is 2. The molecule has 1 N–H and O–H groups in total. The molecule has 1 fully saturated rings. The number of methoxy groups -OCH3 is 1. The fourth-order valence-corrected chi connectivity index (χ4v) is 3.56. The molecule has 1 heterocycles. The zero-order valence-corrected chi connectivity index (χ0v) is 16.9. The second-order valence-electron chi connectivity index (χ2n) is 7.20. The van der Waals surface area contributed by atoms with Gasteiger partial charge in [-0.1, -0.05) is 29.8 Å². The molecular weight excluding hydrogens is 354 g/mol. The lowest BCUT2D eigenvalue weighted by Gasteiger charge is -2.35. The molecule has 0 unspecified atom stereocenters. The van der Waals surface area contributed by atoms with Gasteiger partial charge in [0.15, 0.2) is 0 Å². The summed E-state index contributed by atoms with van der Waals surface area (Å²) < 4.78 is 5.23. The van der Waals surface area contributed by atoms with Gasteiger partial charge in [0.05, 0.1) is 13.2 Å². The van der Waals surface area contributed by atoms with Crippen LogP contribution in [0.4, 0.5) is 10.5 Å². The lowest BCUT2D eigenvalue weighted by molar-refractivity contribution is -0.120. The van der Waals surface area contributed by atoms with Crippen molar-refractivity contribution in [2.24, 2.45) is 0 Å². The highest BCUT2D eigenvalue weighted by molar-refractivity contribution is 5.97. The van der Waals surface area contributed by atoms with Crippen molar-refractivity contribution in [3.8, 4) is 5.75 Å². The number of ether oxygens (including phenoxy) is 1. The van der Waals surface area contributed by atoms with Crippen molar-refractivity contribution in [2.45, 2.75) is 26.8 Å². The van der Waals surface area contributed by atoms with Gasteiger partial charge in [-0.05, 0) is 44.0 Å². The van der Waals surface area contributed by atoms with E-state index in [0.717, 1.165) is 16.8 Å². The molecule has 0 aromatic heterocycles. The average molecular weight is 381 g/mol. The third kappa shape index (κ3) is 4.27. The number of nitrogens with zero attached hydrogens (tertiary/aromatic N) is 2. The van der Waals surface area contributed by atoms with E-state index >= 15 is 0 Å². The number of carbonyl (C=O) groups excluding carboxylic acids is 2. The number of benzene rings is 2. The maximum Gasteiger partial charge on any atom is 0.318 e. The highest BCUT2D eigenvalue weighted by Crippen LogP contribution is 2.23. The van der Waals surface area contributed by atoms with Gasteiger partial charge in [0.1, 0.15) is 12.3 Å². The number of amides is 3. The van der Waals surface area contributed by atoms with Crippen LogP contribution in [0.2, 0.25) is 0 Å². The maximum atomic E-state index is 12.7. The zero-order chi connectivity index (χ0) is 20.3. The van der Waals surface area contributed by atoms with Crippen molar-refractivity contribution < 1.29 is 14.3 Å². The van der Waals surface area contributed by atoms with Crippen molar-refractivity contribution in [1.29, 1.82) is 0 Å². The summed E-state index contributed by atoms with van der Waals surface area (Å²) in [4.78, 5) is 28.6. The predicted octanol–water partition coefficient (Wildman–Crippen LogP) is 3.43. The van der Waals surface area contributed by atoms with Crippen LogP contribution >= 0.6 is 0 Å². The topological polar surface area (TPSA) is 61.9 Å². The van der Waals surface area contributed by atoms with Crippen LogP contribution < -0.4 is 15.0 Å². The Bertz CT molecular complexity index is 881. The molecule has 0 radical (unpaired) electrons. The smallest absolute Gasteiger partial charge is 0.318 e. The number of aryl methyl sites for hydroxylation is 2. The Morgan fingerprint density at radius 2 is 1.93 bits per heavy atom. The number of nitrogens with one attached hydrogen (secondary N) is 1. The molecule has 28 heavy (non-hydrogen) atoms. The number of hydrogen-bond donors (Lipinski definition) is 1. The van der Waals surface area contributed by atoms with Gasteiger partial charge in [-0.2, -0.15) is 0 Å². The summed E-state index contributed by atoms with van der Waals surface area (Å²) >= 11 is 0. The highest BCUT2D eigenvalue weighted by Gasteiger charge is 2.29. The molecule has 0 aliphatic carbocycles. The van der Waals surface area contributed by atoms with Crippen LogP contribution in [0.5, 0.6) is 5.75 Å². The summed E-state index contributed by atoms with van der Waals surface area (Å²) in [7, 11) is 1.60. The SMILES string of the molecule is COc1cccc(N2CCN(C(=O)N[C@@H](C)c3ccc(C)cc3C)CC2=O)c1. The monoisotopic (exact) mass is 381 g/mol. The Morgan fingerprint density at radius 3 is 2.61 bits per heavy atom. The van der Waals surface area contributed by atoms with E-state index in [-0.39, 0.29) is 24.5 Å². The first-order valence-electron chi connectivity index (χ1n) is 9.46. The molecule has 1 aliphatic heterocycles. The van der Waals surface area contributed by atoms with Crippen LogP contribution in [0.1, 0.15) is 29.7 Å². The summed E-state index contributed by atoms with van der Waals surface area (Å²) in [6, 6.07) is 13.2. The van der Waals surface area contributed by atoms with Crippen LogP contribution in [0, 0.1) is 13.8 Å². The Hall–Kier alpha value is -3.02. The number of piperazine rings is 1. The Balaban J connectivity index is 1.63. The van der Waals surface area contributed by atoms with Gasteiger partial charge in [0.25, 0.3) is 0 Å². The first-order chi connectivity index (χ1) is 13.4. The molecule has 6 heteroatoms. The van der Waals surface area contributed by atoms with Crippen LogP contribution in [-0.2, 0) is 4.79 Å². The minimum absolute atomic E-state index is 0.0582. The lowest BCUT2D eigenvalue weighted by Crippen LogP contribution is -2.55. The molecule has 6 nitrogen and oxygen atoms in total. The fourth-order valence-electron chi connectivity index (χ4n) is 3.56. The second kappa shape index (κ2) is 8.33. The summed E-state index contributed by atoms with van der Waals surface area (Å²) in [5.74, 6) is 0.599. The summed E-state index contributed by atoms with van der Waals surface area (Å²) in [5, 5.41) is 3.02. The van der Waals surface area contributed by atoms with Gasteiger partial charge in [0, 0.05) is 24.8 Å². The minimum Gasteiger partial charge on any atom is -0.497 e. The van der Waals surface area contributed by atoms with Gasteiger partial charge in [0.2, 0.25) is 5.91 Å². The molecule has 1 saturated heterocycles. The first-order valence-corrected chi connectivity index (χ1v) is 9.46. The molecule has 3 rings (SSSR count). The Labute approximate surface area is 166 Å². The van der Waals surface area contributed by atoms with Crippen molar-refractivity contribution in [1.82, 2.24) is 10.2 Å². The Morgan fingerprint density at radius 1 is 1.14 bits per heavy atom. The largest absolute Gasteiger partial charge is 0.497 e. The van der Waals surface area contributed by atoms with Gasteiger partial charge < -0.3 is 19.9 Å². The third-order valence-electron chi connectivity index (χ3n) is 5.10. The standard InChI is InChI=1S/C22H27N3O3/c1-15-8-9-20(16(2)12-15)17(3)23-22(27)24-10-11-25(21(26)14-24)18-6-5-7-19(13-18)28-4/h5-9,12-13,17H,10-11,14H2,1-4H3,(H,23,27)/t17-/m0/s1. The van der Waals surface area contributed by atoms with Crippen molar-refractivity contribution >= 4 is 17.6 Å². The lowest BCUT2D eigenvalue weighted by atomic mass is 10.0. The Kier molecular flexibility index (Phi) is 5.87. The number of hydrogen-bond acceptors (Lipinski definition) is 3.